The molecule has 1 atom stereocenters. The number of nitrogens with one attached hydrogen (secondary N) is 1. The molecule has 1 saturated heterocycles. The number of ether oxygens (including phenoxy) is 1. The van der Waals surface area contributed by atoms with E-state index in [0.29, 0.717) is 31.2 Å². The molecule has 2 amide bonds. The van der Waals surface area contributed by atoms with Gasteiger partial charge in [0.25, 0.3) is 0 Å². The lowest BCUT2D eigenvalue weighted by Gasteiger charge is -2.18. The Morgan fingerprint density at radius 1 is 1.25 bits per heavy atom. The van der Waals surface area contributed by atoms with E-state index in [1.54, 1.807) is 12.1 Å². The van der Waals surface area contributed by atoms with Gasteiger partial charge in [-0.2, -0.15) is 13.2 Å². The summed E-state index contributed by atoms with van der Waals surface area (Å²) in [6.45, 7) is 0.737. The maximum atomic E-state index is 12.8. The van der Waals surface area contributed by atoms with Crippen LogP contribution in [0.5, 0.6) is 5.88 Å². The van der Waals surface area contributed by atoms with Gasteiger partial charge in [0, 0.05) is 38.8 Å². The molecule has 0 spiro atoms. The minimum atomic E-state index is -4.46. The van der Waals surface area contributed by atoms with Gasteiger partial charge in [0.15, 0.2) is 5.82 Å². The molecule has 2 heterocycles. The number of likely N-dealkylation sites (tertiary alicyclic amines) is 1. The number of carbonyl (C=O) groups is 1. The van der Waals surface area contributed by atoms with Gasteiger partial charge in [-0.15, -0.1) is 10.2 Å². The van der Waals surface area contributed by atoms with Crippen LogP contribution in [0.15, 0.2) is 36.4 Å². The zero-order chi connectivity index (χ0) is 20.3. The normalized spacial score (nSPS) is 16.8. The number of halogens is 3. The highest BCUT2D eigenvalue weighted by Crippen LogP contribution is 2.30. The van der Waals surface area contributed by atoms with Crippen LogP contribution >= 0.6 is 0 Å². The Morgan fingerprint density at radius 2 is 2.04 bits per heavy atom. The van der Waals surface area contributed by atoms with Crippen LogP contribution in [0, 0.1) is 0 Å². The summed E-state index contributed by atoms with van der Waals surface area (Å²) in [5, 5.41) is 10.5. The number of hydrogen-bond acceptors (Lipinski definition) is 5. The van der Waals surface area contributed by atoms with Gasteiger partial charge in [0.1, 0.15) is 6.10 Å². The van der Waals surface area contributed by atoms with Crippen LogP contribution in [0.3, 0.4) is 0 Å². The lowest BCUT2D eigenvalue weighted by atomic mass is 10.2. The first-order valence-corrected chi connectivity index (χ1v) is 8.63. The van der Waals surface area contributed by atoms with E-state index >= 15 is 0 Å². The average Bonchev–Trinajstić information content (AvgIpc) is 3.10. The maximum absolute atomic E-state index is 12.8. The molecule has 1 N–H and O–H groups in total. The second-order valence-electron chi connectivity index (χ2n) is 6.61. The van der Waals surface area contributed by atoms with E-state index in [9.17, 15) is 18.0 Å². The molecule has 0 radical (unpaired) electrons. The Labute approximate surface area is 160 Å². The molecule has 0 aliphatic carbocycles. The molecule has 3 rings (SSSR count). The quantitative estimate of drug-likeness (QED) is 0.861. The van der Waals surface area contributed by atoms with Gasteiger partial charge in [0.05, 0.1) is 12.1 Å². The maximum Gasteiger partial charge on any atom is 0.416 e. The Bertz CT molecular complexity index is 827. The molecule has 2 aromatic rings. The molecule has 0 saturated carbocycles. The SMILES string of the molecule is CN(C)c1ccc(OC2CCN(C(=O)Nc3cccc(C(F)(F)F)c3)C2)nn1. The lowest BCUT2D eigenvalue weighted by Crippen LogP contribution is -2.34. The van der Waals surface area contributed by atoms with Crippen LogP contribution in [0.2, 0.25) is 0 Å². The van der Waals surface area contributed by atoms with E-state index in [-0.39, 0.29) is 11.8 Å². The number of rotatable bonds is 4. The van der Waals surface area contributed by atoms with E-state index in [2.05, 4.69) is 15.5 Å². The van der Waals surface area contributed by atoms with Crippen molar-refractivity contribution in [1.82, 2.24) is 15.1 Å². The van der Waals surface area contributed by atoms with Crippen LogP contribution < -0.4 is 15.0 Å². The van der Waals surface area contributed by atoms with Crippen molar-refractivity contribution in [2.24, 2.45) is 0 Å². The van der Waals surface area contributed by atoms with Crippen LogP contribution in [0.1, 0.15) is 12.0 Å². The van der Waals surface area contributed by atoms with E-state index in [1.165, 1.54) is 17.0 Å². The third-order valence-corrected chi connectivity index (χ3v) is 4.25. The van der Waals surface area contributed by atoms with E-state index in [0.717, 1.165) is 12.1 Å². The smallest absolute Gasteiger partial charge is 0.416 e. The molecule has 1 unspecified atom stereocenters. The van der Waals surface area contributed by atoms with Crippen LogP contribution in [0.25, 0.3) is 0 Å². The molecular weight excluding hydrogens is 375 g/mol. The Kier molecular flexibility index (Phi) is 5.57. The number of nitrogens with zero attached hydrogens (tertiary/aromatic N) is 4. The van der Waals surface area contributed by atoms with Crippen molar-refractivity contribution in [2.45, 2.75) is 18.7 Å². The number of anilines is 2. The summed E-state index contributed by atoms with van der Waals surface area (Å²) < 4.78 is 44.1. The summed E-state index contributed by atoms with van der Waals surface area (Å²) >= 11 is 0. The number of urea groups is 1. The number of benzene rings is 1. The number of hydrogen-bond donors (Lipinski definition) is 1. The Hall–Kier alpha value is -3.04. The molecule has 1 fully saturated rings. The molecule has 150 valence electrons. The van der Waals surface area contributed by atoms with Crippen molar-refractivity contribution in [3.63, 3.8) is 0 Å². The third kappa shape index (κ3) is 4.81. The summed E-state index contributed by atoms with van der Waals surface area (Å²) in [6.07, 6.45) is -4.13. The zero-order valence-electron chi connectivity index (χ0n) is 15.4. The Balaban J connectivity index is 1.55. The monoisotopic (exact) mass is 395 g/mol. The summed E-state index contributed by atoms with van der Waals surface area (Å²) in [6, 6.07) is 7.54. The average molecular weight is 395 g/mol. The van der Waals surface area contributed by atoms with Crippen molar-refractivity contribution < 1.29 is 22.7 Å². The summed E-state index contributed by atoms with van der Waals surface area (Å²) in [4.78, 5) is 15.6. The van der Waals surface area contributed by atoms with Crippen molar-refractivity contribution in [2.75, 3.05) is 37.4 Å². The highest BCUT2D eigenvalue weighted by Gasteiger charge is 2.31. The van der Waals surface area contributed by atoms with Gasteiger partial charge in [0.2, 0.25) is 5.88 Å². The first-order chi connectivity index (χ1) is 13.2. The van der Waals surface area contributed by atoms with Gasteiger partial charge >= 0.3 is 12.2 Å². The van der Waals surface area contributed by atoms with Crippen molar-refractivity contribution in [3.05, 3.63) is 42.0 Å². The predicted molar refractivity (Wildman–Crippen MR) is 97.4 cm³/mol. The minimum absolute atomic E-state index is 0.0920. The van der Waals surface area contributed by atoms with Crippen molar-refractivity contribution >= 4 is 17.5 Å². The topological polar surface area (TPSA) is 70.6 Å². The van der Waals surface area contributed by atoms with Crippen molar-refractivity contribution in [3.8, 4) is 5.88 Å². The molecule has 10 heteroatoms. The number of carbonyl (C=O) groups excluding carboxylic acids is 1. The summed E-state index contributed by atoms with van der Waals surface area (Å²) in [5.41, 5.74) is -0.720. The number of aromatic nitrogens is 2. The zero-order valence-corrected chi connectivity index (χ0v) is 15.4. The fourth-order valence-corrected chi connectivity index (χ4v) is 2.77. The second-order valence-corrected chi connectivity index (χ2v) is 6.61. The predicted octanol–water partition coefficient (Wildman–Crippen LogP) is 3.25. The minimum Gasteiger partial charge on any atom is -0.471 e. The second kappa shape index (κ2) is 7.91. The first-order valence-electron chi connectivity index (χ1n) is 8.63. The molecule has 1 aromatic heterocycles. The standard InChI is InChI=1S/C18H20F3N5O2/c1-25(2)15-6-7-16(24-23-15)28-14-8-9-26(11-14)17(27)22-13-5-3-4-12(10-13)18(19,20)21/h3-7,10,14H,8-9,11H2,1-2H3,(H,22,27). The van der Waals surface area contributed by atoms with E-state index in [4.69, 9.17) is 4.74 Å². The lowest BCUT2D eigenvalue weighted by molar-refractivity contribution is -0.137. The molecule has 1 aliphatic heterocycles. The molecule has 28 heavy (non-hydrogen) atoms. The number of alkyl halides is 3. The van der Waals surface area contributed by atoms with E-state index in [1.807, 2.05) is 19.0 Å². The fourth-order valence-electron chi connectivity index (χ4n) is 2.77. The van der Waals surface area contributed by atoms with E-state index < -0.39 is 17.8 Å². The number of amides is 2. The third-order valence-electron chi connectivity index (χ3n) is 4.25. The largest absolute Gasteiger partial charge is 0.471 e. The Morgan fingerprint density at radius 3 is 2.68 bits per heavy atom. The van der Waals surface area contributed by atoms with Gasteiger partial charge in [-0.1, -0.05) is 6.07 Å². The molecular formula is C18H20F3N5O2. The molecule has 7 nitrogen and oxygen atoms in total. The van der Waals surface area contributed by atoms with Gasteiger partial charge in [-0.3, -0.25) is 0 Å². The van der Waals surface area contributed by atoms with Crippen molar-refractivity contribution in [1.29, 1.82) is 0 Å². The highest BCUT2D eigenvalue weighted by atomic mass is 19.4. The fraction of sp³-hybridized carbons (Fsp3) is 0.389. The van der Waals surface area contributed by atoms with Gasteiger partial charge in [-0.25, -0.2) is 4.79 Å². The first kappa shape index (κ1) is 19.7. The van der Waals surface area contributed by atoms with Gasteiger partial charge in [-0.05, 0) is 24.3 Å². The summed E-state index contributed by atoms with van der Waals surface area (Å²) in [7, 11) is 3.70. The molecule has 1 aromatic carbocycles. The highest BCUT2D eigenvalue weighted by molar-refractivity contribution is 5.89. The van der Waals surface area contributed by atoms with Crippen LogP contribution in [0.4, 0.5) is 29.5 Å². The summed E-state index contributed by atoms with van der Waals surface area (Å²) in [5.74, 6) is 1.05. The molecule has 1 aliphatic rings. The van der Waals surface area contributed by atoms with Crippen LogP contribution in [-0.4, -0.2) is 54.4 Å². The van der Waals surface area contributed by atoms with Crippen LogP contribution in [-0.2, 0) is 6.18 Å². The van der Waals surface area contributed by atoms with Gasteiger partial charge < -0.3 is 19.9 Å². The molecule has 0 bridgehead atoms.